The highest BCUT2D eigenvalue weighted by Gasteiger charge is 2.50. The standard InChI is InChI=1S/C86H96N2O/c1-10-61-24-30-66(31-25-61)67-36-50-83-79(53-67)80-54-68(37-51-84(80)88(83)72-40-26-62(11-2)27-41-72)76-48-44-73(52-60(76)6)87(71-42-34-65(35-43-71)64-32-38-69(39-33-64)85(7,8)9)74-45-49-78-77-20-16-17-21-81(77)86(82(78)55-74,70-18-14-13-15-19-70)56-58(4)22-23-59(5)57-89-75-46-28-63(12-3)29-47-75/h10-21,24,26-28,30,32,34-35,37-38,40-44,46,48-51,54-55,58-60,63,67,74-75,79-80,84H,1-3,22-23,25,29,31,33,36,39,45,47,52-53,56-57H2,4-9H3. The fourth-order valence-electron chi connectivity index (χ4n) is 17.0. The molecule has 0 radical (unpaired) electrons. The molecule has 1 saturated heterocycles. The van der Waals surface area contributed by atoms with Crippen molar-refractivity contribution < 1.29 is 4.74 Å². The molecule has 13 rings (SSSR count). The second-order valence-corrected chi connectivity index (χ2v) is 28.8. The lowest BCUT2D eigenvalue weighted by molar-refractivity contribution is 0.0474. The lowest BCUT2D eigenvalue weighted by Gasteiger charge is -2.41. The van der Waals surface area contributed by atoms with Gasteiger partial charge in [0.2, 0.25) is 0 Å². The van der Waals surface area contributed by atoms with Crippen LogP contribution in [0.2, 0.25) is 0 Å². The fraction of sp³-hybridized carbons (Fsp3) is 0.372. The molecule has 0 amide bonds. The van der Waals surface area contributed by atoms with E-state index in [1.54, 1.807) is 5.57 Å². The van der Waals surface area contributed by atoms with E-state index in [2.05, 4.69) is 265 Å². The molecule has 0 saturated carbocycles. The van der Waals surface area contributed by atoms with Gasteiger partial charge in [-0.25, -0.2) is 0 Å². The summed E-state index contributed by atoms with van der Waals surface area (Å²) in [6.45, 7) is 27.4. The van der Waals surface area contributed by atoms with Gasteiger partial charge in [0, 0.05) is 46.6 Å². The van der Waals surface area contributed by atoms with Gasteiger partial charge in [-0.1, -0.05) is 248 Å². The van der Waals surface area contributed by atoms with E-state index in [4.69, 9.17) is 4.74 Å². The molecular formula is C86H96N2O. The van der Waals surface area contributed by atoms with E-state index in [0.29, 0.717) is 41.4 Å². The first-order valence-corrected chi connectivity index (χ1v) is 34.2. The van der Waals surface area contributed by atoms with Crippen LogP contribution in [0.5, 0.6) is 0 Å². The molecule has 3 heteroatoms. The number of ether oxygens (including phenoxy) is 1. The van der Waals surface area contributed by atoms with Crippen molar-refractivity contribution in [3.8, 4) is 0 Å². The van der Waals surface area contributed by atoms with Gasteiger partial charge >= 0.3 is 0 Å². The second-order valence-electron chi connectivity index (χ2n) is 28.8. The van der Waals surface area contributed by atoms with E-state index in [9.17, 15) is 0 Å². The van der Waals surface area contributed by atoms with Crippen molar-refractivity contribution in [1.29, 1.82) is 0 Å². The summed E-state index contributed by atoms with van der Waals surface area (Å²) < 4.78 is 6.54. The first kappa shape index (κ1) is 60.5. The number of rotatable bonds is 19. The van der Waals surface area contributed by atoms with E-state index < -0.39 is 0 Å². The Kier molecular flexibility index (Phi) is 17.5. The van der Waals surface area contributed by atoms with Crippen LogP contribution < -0.4 is 9.80 Å². The number of benzene rings is 4. The minimum absolute atomic E-state index is 0.113. The molecule has 456 valence electrons. The van der Waals surface area contributed by atoms with Gasteiger partial charge in [0.15, 0.2) is 0 Å². The first-order chi connectivity index (χ1) is 43.3. The van der Waals surface area contributed by atoms with Crippen LogP contribution in [0.1, 0.15) is 153 Å². The normalized spacial score (nSPS) is 27.6. The highest BCUT2D eigenvalue weighted by atomic mass is 16.5. The Balaban J connectivity index is 0.847. The van der Waals surface area contributed by atoms with Gasteiger partial charge in [-0.3, -0.25) is 0 Å². The summed E-state index contributed by atoms with van der Waals surface area (Å²) in [7, 11) is 0. The van der Waals surface area contributed by atoms with Gasteiger partial charge < -0.3 is 14.5 Å². The third-order valence-corrected chi connectivity index (χ3v) is 22.0. The summed E-state index contributed by atoms with van der Waals surface area (Å²) >= 11 is 0. The van der Waals surface area contributed by atoms with Gasteiger partial charge in [-0.05, 0) is 204 Å². The zero-order valence-corrected chi connectivity index (χ0v) is 54.2. The van der Waals surface area contributed by atoms with Crippen LogP contribution in [-0.2, 0) is 10.2 Å². The van der Waals surface area contributed by atoms with Crippen molar-refractivity contribution in [2.24, 2.45) is 46.8 Å². The van der Waals surface area contributed by atoms with Gasteiger partial charge in [0.25, 0.3) is 0 Å². The maximum atomic E-state index is 6.54. The minimum atomic E-state index is -0.296. The highest BCUT2D eigenvalue weighted by Crippen LogP contribution is 2.59. The van der Waals surface area contributed by atoms with Crippen LogP contribution >= 0.6 is 0 Å². The number of fused-ring (bicyclic) bond motifs is 6. The SMILES string of the molecule is C=CC1=CC=C(C2CC=C3C(C2)C2C=C(C4=CC=C(N(c5ccc(C6=CC=C(C(C)(C)C)CC6)cc5)C5C=C6C(=CC5)c5ccccc5C6(CC(C)CCC(C)COC5C=CC(C=C)CC5)c5ccccc5)CC4C)C=CC2N3c2ccc(C=C)cc2)CC1. The lowest BCUT2D eigenvalue weighted by atomic mass is 9.65. The van der Waals surface area contributed by atoms with Gasteiger partial charge in [-0.2, -0.15) is 0 Å². The molecule has 0 bridgehead atoms. The number of hydrogen-bond acceptors (Lipinski definition) is 3. The predicted octanol–water partition coefficient (Wildman–Crippen LogP) is 21.9. The lowest BCUT2D eigenvalue weighted by Crippen LogP contribution is -2.38. The van der Waals surface area contributed by atoms with Crippen molar-refractivity contribution >= 4 is 28.6 Å². The summed E-state index contributed by atoms with van der Waals surface area (Å²) in [6.07, 6.45) is 55.2. The molecule has 8 aliphatic carbocycles. The third-order valence-electron chi connectivity index (χ3n) is 22.0. The number of nitrogens with zero attached hydrogens (tertiary/aromatic N) is 2. The quantitative estimate of drug-likeness (QED) is 0.0871. The summed E-state index contributed by atoms with van der Waals surface area (Å²) in [6, 6.07) is 40.2. The summed E-state index contributed by atoms with van der Waals surface area (Å²) in [4.78, 5) is 5.43. The predicted molar refractivity (Wildman–Crippen MR) is 379 cm³/mol. The van der Waals surface area contributed by atoms with E-state index in [-0.39, 0.29) is 29.0 Å². The second kappa shape index (κ2) is 25.8. The summed E-state index contributed by atoms with van der Waals surface area (Å²) in [5.74, 6) is 3.13. The third kappa shape index (κ3) is 12.1. The van der Waals surface area contributed by atoms with Gasteiger partial charge in [0.1, 0.15) is 0 Å². The minimum Gasteiger partial charge on any atom is -0.374 e. The average Bonchev–Trinajstić information content (AvgIpc) is 1.70. The van der Waals surface area contributed by atoms with Gasteiger partial charge in [-0.15, -0.1) is 6.58 Å². The van der Waals surface area contributed by atoms with Crippen molar-refractivity contribution in [2.45, 2.75) is 149 Å². The van der Waals surface area contributed by atoms with Crippen LogP contribution in [0, 0.1) is 46.8 Å². The molecule has 0 spiro atoms. The Hall–Kier alpha value is -7.46. The molecule has 3 nitrogen and oxygen atoms in total. The topological polar surface area (TPSA) is 15.7 Å². The molecule has 4 aromatic rings. The van der Waals surface area contributed by atoms with Crippen LogP contribution in [0.15, 0.2) is 265 Å². The Morgan fingerprint density at radius 2 is 1.54 bits per heavy atom. The first-order valence-electron chi connectivity index (χ1n) is 34.2. The van der Waals surface area contributed by atoms with Crippen LogP contribution in [-0.4, -0.2) is 24.8 Å². The van der Waals surface area contributed by atoms with Crippen LogP contribution in [0.25, 0.3) is 17.2 Å². The fourth-order valence-corrected chi connectivity index (χ4v) is 17.0. The molecule has 0 aromatic heterocycles. The molecule has 0 N–H and O–H groups in total. The van der Waals surface area contributed by atoms with Crippen molar-refractivity contribution in [2.75, 3.05) is 16.4 Å². The number of hydrogen-bond donors (Lipinski definition) is 0. The largest absolute Gasteiger partial charge is 0.374 e. The molecule has 89 heavy (non-hydrogen) atoms. The Labute approximate surface area is 534 Å². The van der Waals surface area contributed by atoms with E-state index in [1.165, 1.54) is 90.5 Å². The molecule has 1 aliphatic heterocycles. The molecule has 11 unspecified atom stereocenters. The highest BCUT2D eigenvalue weighted by molar-refractivity contribution is 5.93. The van der Waals surface area contributed by atoms with Crippen molar-refractivity contribution in [3.05, 3.63) is 293 Å². The molecule has 9 aliphatic rings. The van der Waals surface area contributed by atoms with E-state index in [0.717, 1.165) is 89.2 Å². The smallest absolute Gasteiger partial charge is 0.0756 e. The molecule has 11 atom stereocenters. The molecular weight excluding hydrogens is 1080 g/mol. The maximum absolute atomic E-state index is 6.54. The average molecular weight is 1170 g/mol. The monoisotopic (exact) mass is 1170 g/mol. The maximum Gasteiger partial charge on any atom is 0.0756 e. The van der Waals surface area contributed by atoms with Gasteiger partial charge in [0.05, 0.1) is 18.2 Å². The van der Waals surface area contributed by atoms with Crippen molar-refractivity contribution in [1.82, 2.24) is 0 Å². The zero-order chi connectivity index (χ0) is 61.4. The van der Waals surface area contributed by atoms with Crippen LogP contribution in [0.4, 0.5) is 11.4 Å². The Morgan fingerprint density at radius 1 is 0.742 bits per heavy atom. The van der Waals surface area contributed by atoms with E-state index >= 15 is 0 Å². The number of allylic oxidation sites excluding steroid dienone is 21. The molecule has 1 fully saturated rings. The van der Waals surface area contributed by atoms with Crippen LogP contribution in [0.3, 0.4) is 0 Å². The molecule has 4 aromatic carbocycles. The summed E-state index contributed by atoms with van der Waals surface area (Å²) in [5.41, 5.74) is 23.8. The zero-order valence-electron chi connectivity index (χ0n) is 54.2. The summed E-state index contributed by atoms with van der Waals surface area (Å²) in [5, 5.41) is 0. The molecule has 1 heterocycles. The van der Waals surface area contributed by atoms with Crippen molar-refractivity contribution in [3.63, 3.8) is 0 Å². The Morgan fingerprint density at radius 3 is 2.25 bits per heavy atom. The number of anilines is 2. The Bertz CT molecular complexity index is 3730. The van der Waals surface area contributed by atoms with E-state index in [1.807, 2.05) is 12.2 Å².